The molecule has 0 spiro atoms. The van der Waals surface area contributed by atoms with Crippen LogP contribution in [0.4, 0.5) is 5.13 Å². The van der Waals surface area contributed by atoms with Crippen molar-refractivity contribution in [3.63, 3.8) is 0 Å². The van der Waals surface area contributed by atoms with Gasteiger partial charge in [0.2, 0.25) is 5.78 Å². The van der Waals surface area contributed by atoms with Crippen LogP contribution in [0.15, 0.2) is 60.2 Å². The molecule has 2 aliphatic rings. The Morgan fingerprint density at radius 3 is 2.57 bits per heavy atom. The molecule has 0 fully saturated rings. The molecule has 1 heterocycles. The van der Waals surface area contributed by atoms with Crippen LogP contribution in [0.3, 0.4) is 0 Å². The van der Waals surface area contributed by atoms with E-state index in [4.69, 9.17) is 10.1 Å². The highest BCUT2D eigenvalue weighted by atomic mass is 32.1. The second-order valence-electron chi connectivity index (χ2n) is 9.43. The van der Waals surface area contributed by atoms with Crippen molar-refractivity contribution in [1.29, 1.82) is 0 Å². The normalized spacial score (nSPS) is 14.1. The van der Waals surface area contributed by atoms with Gasteiger partial charge in [-0.1, -0.05) is 59.4 Å². The van der Waals surface area contributed by atoms with Crippen LogP contribution >= 0.6 is 11.3 Å². The summed E-state index contributed by atoms with van der Waals surface area (Å²) in [7, 11) is 0. The summed E-state index contributed by atoms with van der Waals surface area (Å²) in [5, 5.41) is 12.2. The first kappa shape index (κ1) is 24.9. The number of allylic oxidation sites excluding steroid dienone is 1. The van der Waals surface area contributed by atoms with E-state index < -0.39 is 5.97 Å². The van der Waals surface area contributed by atoms with Crippen molar-refractivity contribution in [2.75, 3.05) is 18.0 Å². The maximum atomic E-state index is 13.0. The summed E-state index contributed by atoms with van der Waals surface area (Å²) in [6.07, 6.45) is 7.98. The van der Waals surface area contributed by atoms with Gasteiger partial charge in [-0.3, -0.25) is 14.4 Å². The van der Waals surface area contributed by atoms with Gasteiger partial charge in [-0.25, -0.2) is 4.98 Å². The van der Waals surface area contributed by atoms with Gasteiger partial charge in [0.1, 0.15) is 4.88 Å². The van der Waals surface area contributed by atoms with E-state index in [9.17, 15) is 14.4 Å². The smallest absolute Gasteiger partial charge is 0.305 e. The Hall–Kier alpha value is -3.78. The van der Waals surface area contributed by atoms with Gasteiger partial charge in [-0.05, 0) is 49.8 Å². The maximum Gasteiger partial charge on any atom is 0.305 e. The van der Waals surface area contributed by atoms with Gasteiger partial charge in [0.15, 0.2) is 5.13 Å². The Balaban J connectivity index is 1.34. The van der Waals surface area contributed by atoms with E-state index in [2.05, 4.69) is 16.3 Å². The number of thiazole rings is 1. The lowest BCUT2D eigenvalue weighted by Gasteiger charge is -2.24. The van der Waals surface area contributed by atoms with Crippen molar-refractivity contribution >= 4 is 34.1 Å². The number of nitrogens with one attached hydrogen (secondary N) is 1. The number of carboxylic acids is 1. The first-order valence-corrected chi connectivity index (χ1v) is 13.5. The molecule has 1 amide bonds. The van der Waals surface area contributed by atoms with Crippen molar-refractivity contribution in [3.05, 3.63) is 81.7 Å². The van der Waals surface area contributed by atoms with Gasteiger partial charge < -0.3 is 15.3 Å². The van der Waals surface area contributed by atoms with E-state index in [1.54, 1.807) is 12.1 Å². The summed E-state index contributed by atoms with van der Waals surface area (Å²) in [5.74, 6) is -1.19. The number of carboxylic acid groups (broad SMARTS) is 1. The number of anilines is 1. The maximum absolute atomic E-state index is 13.0. The molecule has 0 radical (unpaired) electrons. The first-order chi connectivity index (χ1) is 18.0. The molecule has 1 aromatic heterocycles. The second kappa shape index (κ2) is 11.1. The van der Waals surface area contributed by atoms with Crippen molar-refractivity contribution in [2.24, 2.45) is 0 Å². The van der Waals surface area contributed by atoms with Gasteiger partial charge in [0, 0.05) is 36.3 Å². The highest BCUT2D eigenvalue weighted by molar-refractivity contribution is 7.18. The number of aliphatic carboxylic acids is 1. The van der Waals surface area contributed by atoms with Crippen LogP contribution in [0.5, 0.6) is 0 Å². The summed E-state index contributed by atoms with van der Waals surface area (Å²) in [5.41, 5.74) is 5.40. The lowest BCUT2D eigenvalue weighted by molar-refractivity contribution is -0.136. The minimum Gasteiger partial charge on any atom is -0.481 e. The van der Waals surface area contributed by atoms with Crippen LogP contribution in [-0.4, -0.2) is 40.8 Å². The summed E-state index contributed by atoms with van der Waals surface area (Å²) < 4.78 is 0. The van der Waals surface area contributed by atoms with E-state index in [-0.39, 0.29) is 24.7 Å². The van der Waals surface area contributed by atoms with E-state index in [1.807, 2.05) is 36.4 Å². The van der Waals surface area contributed by atoms with Crippen LogP contribution in [-0.2, 0) is 11.3 Å². The molecule has 190 valence electrons. The third-order valence-electron chi connectivity index (χ3n) is 6.82. The van der Waals surface area contributed by atoms with Crippen molar-refractivity contribution in [1.82, 2.24) is 10.3 Å². The molecule has 2 aromatic carbocycles. The number of rotatable bonds is 10. The topological polar surface area (TPSA) is 99.6 Å². The van der Waals surface area contributed by atoms with E-state index in [0.29, 0.717) is 17.0 Å². The molecule has 2 aliphatic carbocycles. The van der Waals surface area contributed by atoms with Gasteiger partial charge in [-0.15, -0.1) is 0 Å². The molecule has 0 aliphatic heterocycles. The van der Waals surface area contributed by atoms with Crippen molar-refractivity contribution in [3.8, 4) is 11.3 Å². The molecule has 3 aromatic rings. The summed E-state index contributed by atoms with van der Waals surface area (Å²) in [6, 6.07) is 15.0. The number of carbonyl (C=O) groups excluding carboxylic acids is 2. The summed E-state index contributed by atoms with van der Waals surface area (Å²) in [6.45, 7) is 1.50. The molecule has 7 nitrogen and oxygen atoms in total. The number of hydrogen-bond acceptors (Lipinski definition) is 6. The van der Waals surface area contributed by atoms with Gasteiger partial charge in [-0.2, -0.15) is 0 Å². The number of fused-ring (bicyclic) bond motifs is 3. The Morgan fingerprint density at radius 2 is 1.84 bits per heavy atom. The SMILES string of the molecule is O=C(O)CCNC(=O)c1ccc(CN(CCC2=CCCCC2)c2nc3c(s2)C(=O)c2ccccc2-3)cc1. The number of amides is 1. The monoisotopic (exact) mass is 515 g/mol. The highest BCUT2D eigenvalue weighted by Gasteiger charge is 2.31. The predicted molar refractivity (Wildman–Crippen MR) is 144 cm³/mol. The zero-order valence-electron chi connectivity index (χ0n) is 20.5. The molecule has 5 rings (SSSR count). The minimum atomic E-state index is -0.946. The number of carbonyl (C=O) groups is 3. The van der Waals surface area contributed by atoms with E-state index in [1.165, 1.54) is 29.8 Å². The molecule has 0 saturated heterocycles. The summed E-state index contributed by atoms with van der Waals surface area (Å²) in [4.78, 5) is 43.8. The molecule has 0 unspecified atom stereocenters. The van der Waals surface area contributed by atoms with Gasteiger partial charge in [0.05, 0.1) is 12.1 Å². The quantitative estimate of drug-likeness (QED) is 0.272. The molecular weight excluding hydrogens is 486 g/mol. The fraction of sp³-hybridized carbons (Fsp3) is 0.310. The van der Waals surface area contributed by atoms with Crippen molar-refractivity contribution < 1.29 is 19.5 Å². The molecule has 37 heavy (non-hydrogen) atoms. The van der Waals surface area contributed by atoms with E-state index >= 15 is 0 Å². The van der Waals surface area contributed by atoms with Crippen LogP contribution in [0.2, 0.25) is 0 Å². The lowest BCUT2D eigenvalue weighted by atomic mass is 9.97. The third-order valence-corrected chi connectivity index (χ3v) is 7.94. The number of nitrogens with zero attached hydrogens (tertiary/aromatic N) is 2. The number of benzene rings is 2. The fourth-order valence-corrected chi connectivity index (χ4v) is 5.87. The largest absolute Gasteiger partial charge is 0.481 e. The molecule has 0 saturated carbocycles. The average Bonchev–Trinajstić information content (AvgIpc) is 3.46. The van der Waals surface area contributed by atoms with Crippen LogP contribution in [0.1, 0.15) is 69.7 Å². The van der Waals surface area contributed by atoms with Gasteiger partial charge in [0.25, 0.3) is 5.91 Å². The lowest BCUT2D eigenvalue weighted by Crippen LogP contribution is -2.26. The molecule has 8 heteroatoms. The summed E-state index contributed by atoms with van der Waals surface area (Å²) >= 11 is 1.45. The van der Waals surface area contributed by atoms with Crippen LogP contribution < -0.4 is 10.2 Å². The molecule has 0 atom stereocenters. The van der Waals surface area contributed by atoms with Crippen molar-refractivity contribution in [2.45, 2.75) is 45.1 Å². The first-order valence-electron chi connectivity index (χ1n) is 12.7. The Morgan fingerprint density at radius 1 is 1.05 bits per heavy atom. The number of ketones is 1. The second-order valence-corrected chi connectivity index (χ2v) is 10.4. The number of hydrogen-bond donors (Lipinski definition) is 2. The van der Waals surface area contributed by atoms with Gasteiger partial charge >= 0.3 is 5.97 Å². The molecule has 0 bridgehead atoms. The zero-order valence-corrected chi connectivity index (χ0v) is 21.4. The minimum absolute atomic E-state index is 0.0440. The van der Waals surface area contributed by atoms with Crippen LogP contribution in [0, 0.1) is 0 Å². The molecular formula is C29H29N3O4S. The predicted octanol–water partition coefficient (Wildman–Crippen LogP) is 5.46. The zero-order chi connectivity index (χ0) is 25.8. The fourth-order valence-electron chi connectivity index (χ4n) is 4.81. The highest BCUT2D eigenvalue weighted by Crippen LogP contribution is 2.42. The third kappa shape index (κ3) is 5.64. The Bertz CT molecular complexity index is 1360. The standard InChI is InChI=1S/C29H29N3O4S/c33-24(34)14-16-30-28(36)21-12-10-20(11-13-21)18-32(17-15-19-6-2-1-3-7-19)29-31-25-22-8-4-5-9-23(22)26(35)27(25)37-29/h4-6,8-13H,1-3,7,14-18H2,(H,30,36)(H,33,34). The Labute approximate surface area is 219 Å². The van der Waals surface area contributed by atoms with E-state index in [0.717, 1.165) is 53.3 Å². The average molecular weight is 516 g/mol. The Kier molecular flexibility index (Phi) is 7.46. The molecule has 2 N–H and O–H groups in total. The number of aromatic nitrogens is 1. The van der Waals surface area contributed by atoms with Crippen LogP contribution in [0.25, 0.3) is 11.3 Å².